The summed E-state index contributed by atoms with van der Waals surface area (Å²) in [6.07, 6.45) is 0. The molecule has 1 heterocycles. The molecule has 0 spiro atoms. The summed E-state index contributed by atoms with van der Waals surface area (Å²) in [6, 6.07) is 70.7. The molecule has 0 saturated carbocycles. The van der Waals surface area contributed by atoms with Crippen LogP contribution in [0.5, 0.6) is 0 Å². The Kier molecular flexibility index (Phi) is 7.19. The van der Waals surface area contributed by atoms with Crippen LogP contribution in [-0.2, 0) is 5.41 Å². The number of fused-ring (bicyclic) bond motifs is 6. The fourth-order valence-electron chi connectivity index (χ4n) is 8.53. The van der Waals surface area contributed by atoms with Crippen LogP contribution in [0.4, 0.5) is 17.1 Å². The van der Waals surface area contributed by atoms with Gasteiger partial charge in [-0.05, 0) is 111 Å². The van der Waals surface area contributed by atoms with Crippen LogP contribution in [0.1, 0.15) is 25.0 Å². The van der Waals surface area contributed by atoms with Gasteiger partial charge in [-0.15, -0.1) is 0 Å². The maximum Gasteiger partial charge on any atom is 0.0541 e. The van der Waals surface area contributed by atoms with Gasteiger partial charge < -0.3 is 9.47 Å². The normalized spacial score (nSPS) is 12.9. The fourth-order valence-corrected chi connectivity index (χ4v) is 8.53. The Bertz CT molecular complexity index is 2740. The summed E-state index contributed by atoms with van der Waals surface area (Å²) >= 11 is 0. The Morgan fingerprint density at radius 3 is 1.53 bits per heavy atom. The second kappa shape index (κ2) is 12.3. The van der Waals surface area contributed by atoms with Gasteiger partial charge in [0, 0.05) is 38.9 Å². The molecule has 0 unspecified atom stereocenters. The lowest BCUT2D eigenvalue weighted by Gasteiger charge is -2.28. The smallest absolute Gasteiger partial charge is 0.0541 e. The van der Waals surface area contributed by atoms with Gasteiger partial charge in [0.1, 0.15) is 0 Å². The largest absolute Gasteiger partial charge is 0.310 e. The van der Waals surface area contributed by atoms with Crippen LogP contribution in [0.15, 0.2) is 194 Å². The Morgan fingerprint density at radius 1 is 0.377 bits per heavy atom. The first kappa shape index (κ1) is 31.1. The van der Waals surface area contributed by atoms with E-state index in [2.05, 4.69) is 217 Å². The number of hydrogen-bond acceptors (Lipinski definition) is 1. The van der Waals surface area contributed by atoms with E-state index in [1.54, 1.807) is 0 Å². The number of nitrogens with zero attached hydrogens (tertiary/aromatic N) is 2. The molecule has 0 saturated heterocycles. The number of aromatic nitrogens is 1. The summed E-state index contributed by atoms with van der Waals surface area (Å²) < 4.78 is 2.42. The zero-order valence-corrected chi connectivity index (χ0v) is 29.9. The molecule has 252 valence electrons. The van der Waals surface area contributed by atoms with Crippen molar-refractivity contribution in [3.05, 3.63) is 205 Å². The third-order valence-corrected chi connectivity index (χ3v) is 11.2. The second-order valence-corrected chi connectivity index (χ2v) is 14.6. The van der Waals surface area contributed by atoms with Gasteiger partial charge in [0.15, 0.2) is 0 Å². The number of benzene rings is 8. The predicted octanol–water partition coefficient (Wildman–Crippen LogP) is 13.9. The molecule has 53 heavy (non-hydrogen) atoms. The van der Waals surface area contributed by atoms with Gasteiger partial charge in [-0.2, -0.15) is 0 Å². The van der Waals surface area contributed by atoms with Crippen molar-refractivity contribution in [2.45, 2.75) is 19.3 Å². The van der Waals surface area contributed by atoms with Crippen LogP contribution in [0.2, 0.25) is 0 Å². The minimum atomic E-state index is -0.189. The lowest BCUT2D eigenvalue weighted by molar-refractivity contribution is 0.660. The first-order valence-electron chi connectivity index (χ1n) is 18.4. The van der Waals surface area contributed by atoms with Gasteiger partial charge in [0.2, 0.25) is 0 Å². The van der Waals surface area contributed by atoms with Crippen molar-refractivity contribution in [3.63, 3.8) is 0 Å². The summed E-state index contributed by atoms with van der Waals surface area (Å²) in [5.41, 5.74) is 17.1. The highest BCUT2D eigenvalue weighted by molar-refractivity contribution is 6.09. The lowest BCUT2D eigenvalue weighted by Crippen LogP contribution is -2.17. The quantitative estimate of drug-likeness (QED) is 0.170. The van der Waals surface area contributed by atoms with E-state index in [-0.39, 0.29) is 5.41 Å². The molecule has 1 aliphatic carbocycles. The van der Waals surface area contributed by atoms with Crippen molar-refractivity contribution in [2.24, 2.45) is 0 Å². The Balaban J connectivity index is 1.04. The Labute approximate surface area is 310 Å². The number of hydrogen-bond donors (Lipinski definition) is 0. The molecule has 0 radical (unpaired) electrons. The molecule has 2 heteroatoms. The van der Waals surface area contributed by atoms with Gasteiger partial charge in [-0.25, -0.2) is 0 Å². The molecule has 8 aromatic carbocycles. The molecule has 0 fully saturated rings. The molecule has 10 rings (SSSR count). The fraction of sp³-hybridized carbons (Fsp3) is 0.0588. The molecule has 2 nitrogen and oxygen atoms in total. The summed E-state index contributed by atoms with van der Waals surface area (Å²) in [6.45, 7) is 4.75. The van der Waals surface area contributed by atoms with E-state index in [1.165, 1.54) is 72.0 Å². The second-order valence-electron chi connectivity index (χ2n) is 14.6. The Morgan fingerprint density at radius 2 is 0.868 bits per heavy atom. The van der Waals surface area contributed by atoms with Crippen LogP contribution >= 0.6 is 0 Å². The highest BCUT2D eigenvalue weighted by atomic mass is 15.1. The van der Waals surface area contributed by atoms with Gasteiger partial charge in [0.05, 0.1) is 11.0 Å². The minimum absolute atomic E-state index is 0.189. The Hall–Kier alpha value is -6.64. The third-order valence-electron chi connectivity index (χ3n) is 11.2. The van der Waals surface area contributed by atoms with E-state index in [0.29, 0.717) is 0 Å². The van der Waals surface area contributed by atoms with E-state index >= 15 is 0 Å². The van der Waals surface area contributed by atoms with Crippen molar-refractivity contribution in [1.82, 2.24) is 4.57 Å². The third kappa shape index (κ3) is 5.10. The van der Waals surface area contributed by atoms with Gasteiger partial charge in [0.25, 0.3) is 0 Å². The van der Waals surface area contributed by atoms with Crippen molar-refractivity contribution in [3.8, 4) is 39.1 Å². The maximum atomic E-state index is 2.42. The molecule has 0 aliphatic heterocycles. The summed E-state index contributed by atoms with van der Waals surface area (Å²) in [5.74, 6) is 0. The van der Waals surface area contributed by atoms with Crippen LogP contribution < -0.4 is 4.90 Å². The molecule has 0 amide bonds. The van der Waals surface area contributed by atoms with Crippen molar-refractivity contribution < 1.29 is 0 Å². The molecule has 1 aromatic heterocycles. The molecule has 1 aliphatic rings. The summed E-state index contributed by atoms with van der Waals surface area (Å²) in [4.78, 5) is 2.38. The summed E-state index contributed by atoms with van der Waals surface area (Å²) in [7, 11) is 0. The molecule has 0 N–H and O–H groups in total. The van der Waals surface area contributed by atoms with Crippen molar-refractivity contribution >= 4 is 38.9 Å². The van der Waals surface area contributed by atoms with Gasteiger partial charge in [-0.3, -0.25) is 0 Å². The highest BCUT2D eigenvalue weighted by Gasteiger charge is 2.36. The SMILES string of the molecule is CC1(C)c2cc(N(c3ccccc3)c3ccc(-c4cccc(-c5ccccc5)c4)cc3)ccc2-c2ccc(-n3c4ccccc4c4ccccc43)cc21. The number of rotatable bonds is 6. The van der Waals surface area contributed by atoms with E-state index in [0.717, 1.165) is 17.1 Å². The molecule has 9 aromatic rings. The van der Waals surface area contributed by atoms with Crippen molar-refractivity contribution in [1.29, 1.82) is 0 Å². The van der Waals surface area contributed by atoms with Gasteiger partial charge >= 0.3 is 0 Å². The predicted molar refractivity (Wildman–Crippen MR) is 224 cm³/mol. The van der Waals surface area contributed by atoms with Gasteiger partial charge in [-0.1, -0.05) is 141 Å². The van der Waals surface area contributed by atoms with Crippen molar-refractivity contribution in [2.75, 3.05) is 4.90 Å². The molecule has 0 atom stereocenters. The zero-order chi connectivity index (χ0) is 35.5. The maximum absolute atomic E-state index is 2.42. The standard InChI is InChI=1S/C51H38N2/c1-51(2)47-33-41(28-30-43(47)44-31-29-42(34-48(44)51)53-49-22-11-9-20-45(49)46-21-10-12-23-50(46)53)52(39-18-7-4-8-19-39)40-26-24-36(25-27-40)38-17-13-16-37(32-38)35-14-5-3-6-15-35/h3-34H,1-2H3. The van der Waals surface area contributed by atoms with E-state index in [9.17, 15) is 0 Å². The summed E-state index contributed by atoms with van der Waals surface area (Å²) in [5, 5.41) is 2.57. The van der Waals surface area contributed by atoms with Crippen LogP contribution in [-0.4, -0.2) is 4.57 Å². The number of para-hydroxylation sites is 3. The first-order valence-corrected chi connectivity index (χ1v) is 18.4. The lowest BCUT2D eigenvalue weighted by atomic mass is 9.82. The van der Waals surface area contributed by atoms with Crippen LogP contribution in [0.25, 0.3) is 60.9 Å². The van der Waals surface area contributed by atoms with E-state index < -0.39 is 0 Å². The average Bonchev–Trinajstić information content (AvgIpc) is 3.67. The van der Waals surface area contributed by atoms with Crippen LogP contribution in [0, 0.1) is 0 Å². The molecular formula is C51H38N2. The first-order chi connectivity index (χ1) is 26.0. The monoisotopic (exact) mass is 678 g/mol. The molecular weight excluding hydrogens is 641 g/mol. The number of anilines is 3. The van der Waals surface area contributed by atoms with E-state index in [1.807, 2.05) is 0 Å². The molecule has 0 bridgehead atoms. The highest BCUT2D eigenvalue weighted by Crippen LogP contribution is 2.51. The topological polar surface area (TPSA) is 8.17 Å². The van der Waals surface area contributed by atoms with Crippen LogP contribution in [0.3, 0.4) is 0 Å². The average molecular weight is 679 g/mol. The van der Waals surface area contributed by atoms with E-state index in [4.69, 9.17) is 0 Å². The zero-order valence-electron chi connectivity index (χ0n) is 29.9. The minimum Gasteiger partial charge on any atom is -0.310 e.